The average Bonchev–Trinajstić information content (AvgIpc) is 2.12. The Balaban J connectivity index is 0.000000640. The van der Waals surface area contributed by atoms with Crippen LogP contribution in [0.15, 0.2) is 5.51 Å². The molecule has 0 radical (unpaired) electrons. The summed E-state index contributed by atoms with van der Waals surface area (Å²) in [5, 5.41) is 16.3. The van der Waals surface area contributed by atoms with E-state index >= 15 is 0 Å². The first-order valence-corrected chi connectivity index (χ1v) is 2.66. The van der Waals surface area contributed by atoms with Crippen LogP contribution in [0, 0.1) is 0 Å². The smallest absolute Gasteiger partial charge is 0.542 e. The molecule has 0 aromatic carbocycles. The molecule has 0 N–H and O–H groups in total. The van der Waals surface area contributed by atoms with Gasteiger partial charge in [0.25, 0.3) is 0 Å². The fraction of sp³-hybridized carbons (Fsp3) is 0. The summed E-state index contributed by atoms with van der Waals surface area (Å²) in [6, 6.07) is 0. The number of nitrogens with zero attached hydrogens (tertiary/aromatic N) is 2. The zero-order valence-electron chi connectivity index (χ0n) is 4.70. The van der Waals surface area contributed by atoms with Crippen LogP contribution in [-0.4, -0.2) is 16.2 Å². The first kappa shape index (κ1) is 9.03. The number of carbonyl (C=O) groups is 1. The maximum absolute atomic E-state index is 9.86. The van der Waals surface area contributed by atoms with Gasteiger partial charge in [0.15, 0.2) is 5.01 Å². The third kappa shape index (κ3) is 2.40. The molecule has 0 unspecified atom stereocenters. The molecule has 1 rings (SSSR count). The molecule has 42 valence electrons. The molecule has 0 amide bonds. The first-order valence-electron chi connectivity index (χ1n) is 1.78. The molecule has 0 bridgehead atoms. The number of rotatable bonds is 1. The fourth-order valence-corrected chi connectivity index (χ4v) is 0.647. The van der Waals surface area contributed by atoms with Gasteiger partial charge in [-0.3, -0.25) is 0 Å². The fourth-order valence-electron chi connectivity index (χ4n) is 0.262. The number of hydrogen-bond donors (Lipinski definition) is 0. The number of carboxylic acid groups (broad SMARTS) is 1. The van der Waals surface area contributed by atoms with Gasteiger partial charge in [-0.1, -0.05) is 11.3 Å². The Hall–Kier alpha value is 0.0300. The van der Waals surface area contributed by atoms with E-state index in [-0.39, 0.29) is 34.6 Å². The summed E-state index contributed by atoms with van der Waals surface area (Å²) in [7, 11) is 0. The summed E-state index contributed by atoms with van der Waals surface area (Å²) < 4.78 is 0. The van der Waals surface area contributed by atoms with Gasteiger partial charge in [-0.15, -0.1) is 10.2 Å². The van der Waals surface area contributed by atoms with Gasteiger partial charge < -0.3 is 9.90 Å². The zero-order valence-corrected chi connectivity index (χ0v) is 7.51. The van der Waals surface area contributed by atoms with Gasteiger partial charge in [0.1, 0.15) is 11.5 Å². The third-order valence-electron chi connectivity index (χ3n) is 0.535. The second-order valence-electron chi connectivity index (χ2n) is 1.03. The number of aromatic carboxylic acids is 1. The van der Waals surface area contributed by atoms with Crippen molar-refractivity contribution in [2.75, 3.05) is 0 Å². The topological polar surface area (TPSA) is 65.9 Å². The van der Waals surface area contributed by atoms with Crippen molar-refractivity contribution in [1.29, 1.82) is 0 Å². The van der Waals surface area contributed by atoms with Crippen LogP contribution in [-0.2, 0) is 0 Å². The second-order valence-corrected chi connectivity index (χ2v) is 1.86. The Kier molecular flexibility index (Phi) is 3.96. The maximum atomic E-state index is 9.86. The maximum Gasteiger partial charge on any atom is 1.00 e. The van der Waals surface area contributed by atoms with Crippen molar-refractivity contribution in [2.24, 2.45) is 0 Å². The van der Waals surface area contributed by atoms with Crippen LogP contribution in [0.4, 0.5) is 0 Å². The van der Waals surface area contributed by atoms with Crippen molar-refractivity contribution in [1.82, 2.24) is 10.2 Å². The van der Waals surface area contributed by atoms with E-state index in [1.54, 1.807) is 0 Å². The van der Waals surface area contributed by atoms with Crippen LogP contribution in [0.1, 0.15) is 9.80 Å². The minimum absolute atomic E-state index is 0. The molecular weight excluding hydrogens is 151 g/mol. The molecule has 0 saturated carbocycles. The second kappa shape index (κ2) is 3.94. The molecule has 1 heterocycles. The molecule has 0 atom stereocenters. The molecule has 0 spiro atoms. The molecule has 0 fully saturated rings. The summed E-state index contributed by atoms with van der Waals surface area (Å²) in [4.78, 5) is 9.86. The summed E-state index contributed by atoms with van der Waals surface area (Å²) in [6.45, 7) is 0. The molecule has 6 heteroatoms. The predicted molar refractivity (Wildman–Crippen MR) is 24.2 cm³/mol. The molecule has 1 aromatic heterocycles. The predicted octanol–water partition coefficient (Wildman–Crippen LogP) is -4.09. The summed E-state index contributed by atoms with van der Waals surface area (Å²) >= 11 is 0.947. The average molecular weight is 152 g/mol. The van der Waals surface area contributed by atoms with E-state index in [0.717, 1.165) is 11.3 Å². The molecular formula is C3HN2NaO2S. The van der Waals surface area contributed by atoms with Gasteiger partial charge in [0.05, 0.1) is 0 Å². The standard InChI is InChI=1S/C3H2N2O2S.Na/c6-3(7)2-5-4-1-8-2;/h1H,(H,6,7);/q;+1/p-1. The van der Waals surface area contributed by atoms with Gasteiger partial charge in [0.2, 0.25) is 0 Å². The van der Waals surface area contributed by atoms with Crippen LogP contribution in [0.25, 0.3) is 0 Å². The van der Waals surface area contributed by atoms with Gasteiger partial charge >= 0.3 is 29.6 Å². The van der Waals surface area contributed by atoms with E-state index < -0.39 is 5.97 Å². The van der Waals surface area contributed by atoms with Crippen molar-refractivity contribution in [3.8, 4) is 0 Å². The minimum Gasteiger partial charge on any atom is -0.542 e. The first-order chi connectivity index (χ1) is 3.80. The normalized spacial score (nSPS) is 8.00. The number of carboxylic acids is 1. The molecule has 0 aliphatic carbocycles. The molecule has 0 aliphatic rings. The Morgan fingerprint density at radius 2 is 2.44 bits per heavy atom. The van der Waals surface area contributed by atoms with E-state index in [1.807, 2.05) is 0 Å². The van der Waals surface area contributed by atoms with Crippen LogP contribution in [0.2, 0.25) is 0 Å². The van der Waals surface area contributed by atoms with Crippen molar-refractivity contribution in [2.45, 2.75) is 0 Å². The van der Waals surface area contributed by atoms with E-state index in [9.17, 15) is 9.90 Å². The number of hydrogen-bond acceptors (Lipinski definition) is 5. The van der Waals surface area contributed by atoms with Gasteiger partial charge in [-0.05, 0) is 0 Å². The quantitative estimate of drug-likeness (QED) is 0.384. The van der Waals surface area contributed by atoms with Crippen LogP contribution < -0.4 is 34.7 Å². The molecule has 0 saturated heterocycles. The molecule has 4 nitrogen and oxygen atoms in total. The van der Waals surface area contributed by atoms with Crippen molar-refractivity contribution >= 4 is 17.3 Å². The summed E-state index contributed by atoms with van der Waals surface area (Å²) in [6.07, 6.45) is 0. The zero-order chi connectivity index (χ0) is 5.98. The van der Waals surface area contributed by atoms with Gasteiger partial charge in [0, 0.05) is 0 Å². The van der Waals surface area contributed by atoms with Crippen molar-refractivity contribution in [3.05, 3.63) is 10.5 Å². The van der Waals surface area contributed by atoms with Crippen LogP contribution in [0.5, 0.6) is 0 Å². The Bertz CT molecular complexity index is 188. The van der Waals surface area contributed by atoms with Crippen molar-refractivity contribution < 1.29 is 39.5 Å². The van der Waals surface area contributed by atoms with E-state index in [0.29, 0.717) is 0 Å². The van der Waals surface area contributed by atoms with Crippen molar-refractivity contribution in [3.63, 3.8) is 0 Å². The number of aromatic nitrogens is 2. The molecule has 9 heavy (non-hydrogen) atoms. The Morgan fingerprint density at radius 1 is 1.78 bits per heavy atom. The van der Waals surface area contributed by atoms with Crippen LogP contribution >= 0.6 is 11.3 Å². The molecule has 0 aliphatic heterocycles. The monoisotopic (exact) mass is 152 g/mol. The molecule has 1 aromatic rings. The number of carbonyl (C=O) groups excluding carboxylic acids is 1. The van der Waals surface area contributed by atoms with E-state index in [2.05, 4.69) is 10.2 Å². The van der Waals surface area contributed by atoms with Crippen LogP contribution in [0.3, 0.4) is 0 Å². The van der Waals surface area contributed by atoms with Gasteiger partial charge in [-0.25, -0.2) is 0 Å². The Labute approximate surface area is 77.2 Å². The van der Waals surface area contributed by atoms with Gasteiger partial charge in [-0.2, -0.15) is 0 Å². The SMILES string of the molecule is O=C([O-])c1nncs1.[Na+]. The summed E-state index contributed by atoms with van der Waals surface area (Å²) in [5.41, 5.74) is 1.34. The third-order valence-corrected chi connectivity index (χ3v) is 1.21. The van der Waals surface area contributed by atoms with E-state index in [1.165, 1.54) is 5.51 Å². The largest absolute Gasteiger partial charge is 1.00 e. The Morgan fingerprint density at radius 3 is 2.67 bits per heavy atom. The summed E-state index contributed by atoms with van der Waals surface area (Å²) in [5.74, 6) is -1.27. The minimum atomic E-state index is -1.27. The van der Waals surface area contributed by atoms with E-state index in [4.69, 9.17) is 0 Å².